The number of rotatable bonds is 5. The maximum Gasteiger partial charge on any atom is 0.232 e. The average Bonchev–Trinajstić information content (AvgIpc) is 2.79. The molecule has 0 saturated carbocycles. The van der Waals surface area contributed by atoms with Crippen molar-refractivity contribution >= 4 is 34.9 Å². The fourth-order valence-corrected chi connectivity index (χ4v) is 4.34. The van der Waals surface area contributed by atoms with Gasteiger partial charge in [-0.2, -0.15) is 9.97 Å². The highest BCUT2D eigenvalue weighted by molar-refractivity contribution is 7.80. The summed E-state index contributed by atoms with van der Waals surface area (Å²) in [6, 6.07) is 6.59. The number of nitrogens with one attached hydrogen (secondary N) is 2. The van der Waals surface area contributed by atoms with Crippen LogP contribution in [0.2, 0.25) is 0 Å². The molecule has 2 aromatic rings. The van der Waals surface area contributed by atoms with Gasteiger partial charge in [-0.3, -0.25) is 4.98 Å². The minimum absolute atomic E-state index is 0.492. The van der Waals surface area contributed by atoms with E-state index in [0.29, 0.717) is 23.6 Å². The summed E-state index contributed by atoms with van der Waals surface area (Å²) >= 11 is 5.51. The molecule has 0 radical (unpaired) electrons. The van der Waals surface area contributed by atoms with Crippen LogP contribution in [0.4, 0.5) is 17.6 Å². The van der Waals surface area contributed by atoms with Gasteiger partial charge in [0.2, 0.25) is 5.95 Å². The number of thiocarbonyl (C=S) groups is 1. The predicted molar refractivity (Wildman–Crippen MR) is 126 cm³/mol. The minimum Gasteiger partial charge on any atom is -0.358 e. The fourth-order valence-electron chi connectivity index (χ4n) is 4.18. The Morgan fingerprint density at radius 1 is 1.10 bits per heavy atom. The van der Waals surface area contributed by atoms with E-state index in [4.69, 9.17) is 22.2 Å². The molecular weight excluding hydrogens is 394 g/mol. The van der Waals surface area contributed by atoms with Gasteiger partial charge in [0.1, 0.15) is 11.6 Å². The predicted octanol–water partition coefficient (Wildman–Crippen LogP) is 3.73. The van der Waals surface area contributed by atoms with Gasteiger partial charge in [-0.15, -0.1) is 0 Å². The molecule has 2 fully saturated rings. The standard InChI is InChI=1S/C22H31N7S/c1-17-8-3-6-13-29(17)20-14-19(28-11-4-2-5-12-28)25-21(26-20)27-22(30)24-16-18-9-7-10-23-15-18/h7,9-10,14-15,17H,2-6,8,11-13,16H2,1H3,(H2,24,25,26,27,30). The van der Waals surface area contributed by atoms with Crippen molar-refractivity contribution in [1.82, 2.24) is 20.3 Å². The molecule has 2 aliphatic rings. The third-order valence-corrected chi connectivity index (χ3v) is 6.12. The van der Waals surface area contributed by atoms with Crippen molar-refractivity contribution < 1.29 is 0 Å². The van der Waals surface area contributed by atoms with Crippen molar-refractivity contribution in [3.8, 4) is 0 Å². The summed E-state index contributed by atoms with van der Waals surface area (Å²) in [6.07, 6.45) is 11.0. The number of pyridine rings is 1. The van der Waals surface area contributed by atoms with Crippen LogP contribution in [0.15, 0.2) is 30.6 Å². The van der Waals surface area contributed by atoms with Gasteiger partial charge in [-0.25, -0.2) is 0 Å². The number of piperidine rings is 2. The van der Waals surface area contributed by atoms with Crippen LogP contribution in [0, 0.1) is 0 Å². The van der Waals surface area contributed by atoms with E-state index < -0.39 is 0 Å². The molecule has 1 unspecified atom stereocenters. The Bertz CT molecular complexity index is 839. The third kappa shape index (κ3) is 5.36. The summed E-state index contributed by atoms with van der Waals surface area (Å²) in [5.41, 5.74) is 1.08. The van der Waals surface area contributed by atoms with Crippen molar-refractivity contribution in [1.29, 1.82) is 0 Å². The fraction of sp³-hybridized carbons (Fsp3) is 0.545. The van der Waals surface area contributed by atoms with Crippen LogP contribution in [0.3, 0.4) is 0 Å². The van der Waals surface area contributed by atoms with Crippen molar-refractivity contribution in [2.45, 2.75) is 58.0 Å². The van der Waals surface area contributed by atoms with Crippen molar-refractivity contribution in [2.75, 3.05) is 34.8 Å². The van der Waals surface area contributed by atoms with Crippen molar-refractivity contribution in [3.05, 3.63) is 36.2 Å². The molecule has 30 heavy (non-hydrogen) atoms. The van der Waals surface area contributed by atoms with E-state index in [1.54, 1.807) is 6.20 Å². The summed E-state index contributed by atoms with van der Waals surface area (Å²) in [7, 11) is 0. The van der Waals surface area contributed by atoms with Gasteiger partial charge in [0, 0.05) is 50.7 Å². The average molecular weight is 426 g/mol. The zero-order valence-electron chi connectivity index (χ0n) is 17.7. The summed E-state index contributed by atoms with van der Waals surface area (Å²) in [5, 5.41) is 6.96. The molecule has 0 aromatic carbocycles. The normalized spacial score (nSPS) is 19.4. The smallest absolute Gasteiger partial charge is 0.232 e. The van der Waals surface area contributed by atoms with Crippen LogP contribution in [0.1, 0.15) is 51.0 Å². The Balaban J connectivity index is 1.51. The number of nitrogens with zero attached hydrogens (tertiary/aromatic N) is 5. The first-order valence-corrected chi connectivity index (χ1v) is 11.4. The lowest BCUT2D eigenvalue weighted by atomic mass is 10.0. The molecule has 4 heterocycles. The molecule has 0 amide bonds. The van der Waals surface area contributed by atoms with E-state index in [9.17, 15) is 0 Å². The highest BCUT2D eigenvalue weighted by atomic mass is 32.1. The Labute approximate surface area is 184 Å². The topological polar surface area (TPSA) is 69.2 Å². The van der Waals surface area contributed by atoms with E-state index in [2.05, 4.69) is 38.4 Å². The highest BCUT2D eigenvalue weighted by Gasteiger charge is 2.23. The number of hydrogen-bond acceptors (Lipinski definition) is 6. The van der Waals surface area contributed by atoms with Gasteiger partial charge in [0.15, 0.2) is 5.11 Å². The van der Waals surface area contributed by atoms with E-state index in [0.717, 1.165) is 36.8 Å². The van der Waals surface area contributed by atoms with Gasteiger partial charge >= 0.3 is 0 Å². The Hall–Kier alpha value is -2.48. The Kier molecular flexibility index (Phi) is 6.94. The minimum atomic E-state index is 0.492. The molecule has 0 spiro atoms. The van der Waals surface area contributed by atoms with Crippen LogP contribution in [0.5, 0.6) is 0 Å². The maximum absolute atomic E-state index is 5.51. The maximum atomic E-state index is 5.51. The lowest BCUT2D eigenvalue weighted by Crippen LogP contribution is -2.39. The van der Waals surface area contributed by atoms with Crippen molar-refractivity contribution in [2.24, 2.45) is 0 Å². The Morgan fingerprint density at radius 3 is 2.67 bits per heavy atom. The number of aromatic nitrogens is 3. The second kappa shape index (κ2) is 10.0. The molecule has 2 aromatic heterocycles. The summed E-state index contributed by atoms with van der Waals surface area (Å²) in [4.78, 5) is 18.6. The summed E-state index contributed by atoms with van der Waals surface area (Å²) < 4.78 is 0. The quantitative estimate of drug-likeness (QED) is 0.703. The van der Waals surface area contributed by atoms with Crippen LogP contribution >= 0.6 is 12.2 Å². The largest absolute Gasteiger partial charge is 0.358 e. The van der Waals surface area contributed by atoms with Gasteiger partial charge in [0.05, 0.1) is 0 Å². The molecule has 2 N–H and O–H groups in total. The van der Waals surface area contributed by atoms with Crippen molar-refractivity contribution in [3.63, 3.8) is 0 Å². The van der Waals surface area contributed by atoms with Gasteiger partial charge in [-0.05, 0) is 69.3 Å². The third-order valence-electron chi connectivity index (χ3n) is 5.88. The molecule has 0 aliphatic carbocycles. The molecule has 7 nitrogen and oxygen atoms in total. The van der Waals surface area contributed by atoms with Gasteiger partial charge in [-0.1, -0.05) is 6.07 Å². The first-order chi connectivity index (χ1) is 14.7. The van der Waals surface area contributed by atoms with E-state index in [1.807, 2.05) is 18.3 Å². The van der Waals surface area contributed by atoms with E-state index in [-0.39, 0.29) is 0 Å². The van der Waals surface area contributed by atoms with Crippen LogP contribution in [-0.4, -0.2) is 45.7 Å². The molecule has 4 rings (SSSR count). The summed E-state index contributed by atoms with van der Waals surface area (Å²) in [5.74, 6) is 2.56. The number of hydrogen-bond donors (Lipinski definition) is 2. The molecule has 160 valence electrons. The molecular formula is C22H31N7S. The SMILES string of the molecule is CC1CCCCN1c1cc(N2CCCCC2)nc(NC(=S)NCc2cccnc2)n1. The van der Waals surface area contributed by atoms with E-state index in [1.165, 1.54) is 38.5 Å². The van der Waals surface area contributed by atoms with Crippen LogP contribution < -0.4 is 20.4 Å². The van der Waals surface area contributed by atoms with Crippen LogP contribution in [-0.2, 0) is 6.54 Å². The zero-order valence-corrected chi connectivity index (χ0v) is 18.5. The second-order valence-electron chi connectivity index (χ2n) is 8.16. The first kappa shape index (κ1) is 20.8. The first-order valence-electron chi connectivity index (χ1n) is 11.0. The lowest BCUT2D eigenvalue weighted by Gasteiger charge is -2.35. The highest BCUT2D eigenvalue weighted by Crippen LogP contribution is 2.28. The molecule has 0 bridgehead atoms. The lowest BCUT2D eigenvalue weighted by molar-refractivity contribution is 0.481. The summed E-state index contributed by atoms with van der Waals surface area (Å²) in [6.45, 7) is 6.04. The molecule has 8 heteroatoms. The van der Waals surface area contributed by atoms with Crippen LogP contribution in [0.25, 0.3) is 0 Å². The number of anilines is 3. The molecule has 2 aliphatic heterocycles. The Morgan fingerprint density at radius 2 is 1.90 bits per heavy atom. The second-order valence-corrected chi connectivity index (χ2v) is 8.57. The molecule has 2 saturated heterocycles. The molecule has 1 atom stereocenters. The van der Waals surface area contributed by atoms with E-state index >= 15 is 0 Å². The van der Waals surface area contributed by atoms with Gasteiger partial charge < -0.3 is 20.4 Å². The zero-order chi connectivity index (χ0) is 20.8. The monoisotopic (exact) mass is 425 g/mol. The van der Waals surface area contributed by atoms with Gasteiger partial charge in [0.25, 0.3) is 0 Å².